The molecule has 0 aliphatic rings. The molecular formula is C9H19N3O. The third-order valence-corrected chi connectivity index (χ3v) is 1.79. The fraction of sp³-hybridized carbons (Fsp3) is 0.667. The summed E-state index contributed by atoms with van der Waals surface area (Å²) in [6.45, 7) is 3.94. The maximum Gasteiger partial charge on any atom is 0.278 e. The molecule has 4 heteroatoms. The van der Waals surface area contributed by atoms with Gasteiger partial charge in [-0.3, -0.25) is 4.79 Å². The van der Waals surface area contributed by atoms with E-state index in [4.69, 9.17) is 0 Å². The topological polar surface area (TPSA) is 44.4 Å². The van der Waals surface area contributed by atoms with E-state index in [1.807, 2.05) is 13.0 Å². The van der Waals surface area contributed by atoms with Crippen molar-refractivity contribution in [1.82, 2.24) is 16.0 Å². The molecule has 0 unspecified atom stereocenters. The predicted molar refractivity (Wildman–Crippen MR) is 53.6 cm³/mol. The summed E-state index contributed by atoms with van der Waals surface area (Å²) in [6.07, 6.45) is 3.65. The average molecular weight is 185 g/mol. The molecule has 0 saturated carbocycles. The minimum Gasteiger partial charge on any atom is -0.267 e. The van der Waals surface area contributed by atoms with Crippen molar-refractivity contribution < 1.29 is 4.79 Å². The number of hydrogen-bond donors (Lipinski definition) is 2. The number of amides is 1. The van der Waals surface area contributed by atoms with Gasteiger partial charge >= 0.3 is 0 Å². The first kappa shape index (κ1) is 12.1. The molecular weight excluding hydrogens is 166 g/mol. The lowest BCUT2D eigenvalue weighted by Gasteiger charge is -2.20. The Morgan fingerprint density at radius 1 is 1.38 bits per heavy atom. The van der Waals surface area contributed by atoms with Crippen LogP contribution >= 0.6 is 0 Å². The number of nitrogens with one attached hydrogen (secondary N) is 2. The standard InChI is InChI=1S/C9H19N3O/c1-5-7-8(6-2)9(13)12(10-3)11-4/h6,10-11H,5,7H2,1-4H3. The van der Waals surface area contributed by atoms with Crippen LogP contribution in [0.2, 0.25) is 0 Å². The van der Waals surface area contributed by atoms with Crippen LogP contribution in [0.15, 0.2) is 11.6 Å². The van der Waals surface area contributed by atoms with Crippen LogP contribution in [-0.4, -0.2) is 25.1 Å². The van der Waals surface area contributed by atoms with Gasteiger partial charge in [0.2, 0.25) is 0 Å². The molecule has 0 atom stereocenters. The fourth-order valence-corrected chi connectivity index (χ4v) is 1.10. The Bertz CT molecular complexity index is 185. The van der Waals surface area contributed by atoms with Crippen LogP contribution in [0.5, 0.6) is 0 Å². The molecule has 0 aromatic heterocycles. The molecule has 0 aliphatic heterocycles. The van der Waals surface area contributed by atoms with Gasteiger partial charge in [0.25, 0.3) is 5.91 Å². The zero-order chi connectivity index (χ0) is 10.3. The van der Waals surface area contributed by atoms with E-state index in [0.717, 1.165) is 18.4 Å². The molecule has 0 rings (SSSR count). The first-order valence-corrected chi connectivity index (χ1v) is 4.55. The molecule has 4 nitrogen and oxygen atoms in total. The van der Waals surface area contributed by atoms with E-state index >= 15 is 0 Å². The Hall–Kier alpha value is -0.870. The van der Waals surface area contributed by atoms with Gasteiger partial charge in [0.15, 0.2) is 0 Å². The highest BCUT2D eigenvalue weighted by Gasteiger charge is 2.13. The van der Waals surface area contributed by atoms with Crippen LogP contribution < -0.4 is 10.9 Å². The van der Waals surface area contributed by atoms with E-state index in [-0.39, 0.29) is 5.91 Å². The maximum atomic E-state index is 11.7. The molecule has 0 heterocycles. The minimum atomic E-state index is -0.0191. The van der Waals surface area contributed by atoms with Crippen LogP contribution in [0.1, 0.15) is 26.7 Å². The van der Waals surface area contributed by atoms with E-state index in [2.05, 4.69) is 17.8 Å². The van der Waals surface area contributed by atoms with Gasteiger partial charge in [-0.2, -0.15) is 0 Å². The molecule has 0 radical (unpaired) electrons. The summed E-state index contributed by atoms with van der Waals surface area (Å²) in [6, 6.07) is 0. The van der Waals surface area contributed by atoms with Gasteiger partial charge in [-0.25, -0.2) is 16.0 Å². The smallest absolute Gasteiger partial charge is 0.267 e. The van der Waals surface area contributed by atoms with Gasteiger partial charge in [0.1, 0.15) is 0 Å². The first-order chi connectivity index (χ1) is 6.21. The highest BCUT2D eigenvalue weighted by molar-refractivity contribution is 5.92. The van der Waals surface area contributed by atoms with Crippen molar-refractivity contribution in [3.05, 3.63) is 11.6 Å². The molecule has 0 aliphatic carbocycles. The number of hydrogen-bond acceptors (Lipinski definition) is 3. The summed E-state index contributed by atoms with van der Waals surface area (Å²) >= 11 is 0. The lowest BCUT2D eigenvalue weighted by atomic mass is 10.1. The Morgan fingerprint density at radius 2 is 1.92 bits per heavy atom. The number of allylic oxidation sites excluding steroid dienone is 1. The van der Waals surface area contributed by atoms with Gasteiger partial charge in [-0.15, -0.1) is 0 Å². The second-order valence-electron chi connectivity index (χ2n) is 2.65. The summed E-state index contributed by atoms with van der Waals surface area (Å²) in [5.41, 5.74) is 6.34. The van der Waals surface area contributed by atoms with E-state index in [1.165, 1.54) is 5.12 Å². The van der Waals surface area contributed by atoms with Crippen molar-refractivity contribution in [3.63, 3.8) is 0 Å². The van der Waals surface area contributed by atoms with E-state index < -0.39 is 0 Å². The van der Waals surface area contributed by atoms with E-state index in [1.54, 1.807) is 14.1 Å². The highest BCUT2D eigenvalue weighted by Crippen LogP contribution is 2.06. The number of hydrazine groups is 2. The van der Waals surface area contributed by atoms with Crippen LogP contribution in [-0.2, 0) is 4.79 Å². The number of nitrogens with zero attached hydrogens (tertiary/aromatic N) is 1. The van der Waals surface area contributed by atoms with Crippen molar-refractivity contribution in [3.8, 4) is 0 Å². The van der Waals surface area contributed by atoms with Gasteiger partial charge in [0.05, 0.1) is 0 Å². The van der Waals surface area contributed by atoms with E-state index in [9.17, 15) is 4.79 Å². The summed E-state index contributed by atoms with van der Waals surface area (Å²) in [5, 5.41) is 1.37. The second-order valence-corrected chi connectivity index (χ2v) is 2.65. The summed E-state index contributed by atoms with van der Waals surface area (Å²) in [7, 11) is 3.40. The number of carbonyl (C=O) groups excluding carboxylic acids is 1. The Labute approximate surface area is 79.9 Å². The molecule has 0 saturated heterocycles. The lowest BCUT2D eigenvalue weighted by Crippen LogP contribution is -2.49. The average Bonchev–Trinajstić information content (AvgIpc) is 2.15. The lowest BCUT2D eigenvalue weighted by molar-refractivity contribution is -0.133. The second kappa shape index (κ2) is 6.62. The maximum absolute atomic E-state index is 11.7. The minimum absolute atomic E-state index is 0.0191. The predicted octanol–water partition coefficient (Wildman–Crippen LogP) is 0.830. The third-order valence-electron chi connectivity index (χ3n) is 1.79. The zero-order valence-electron chi connectivity index (χ0n) is 8.85. The Balaban J connectivity index is 4.35. The molecule has 0 spiro atoms. The summed E-state index contributed by atoms with van der Waals surface area (Å²) in [5.74, 6) is -0.0191. The van der Waals surface area contributed by atoms with Crippen LogP contribution in [0.4, 0.5) is 0 Å². The molecule has 13 heavy (non-hydrogen) atoms. The SMILES string of the molecule is CC=C(CCC)C(=O)N(NC)NC. The van der Waals surface area contributed by atoms with Crippen LogP contribution in [0.3, 0.4) is 0 Å². The molecule has 2 N–H and O–H groups in total. The largest absolute Gasteiger partial charge is 0.278 e. The molecule has 0 bridgehead atoms. The highest BCUT2D eigenvalue weighted by atomic mass is 16.2. The van der Waals surface area contributed by atoms with Crippen molar-refractivity contribution in [2.24, 2.45) is 0 Å². The monoisotopic (exact) mass is 185 g/mol. The third kappa shape index (κ3) is 3.57. The molecule has 1 amide bonds. The Morgan fingerprint density at radius 3 is 2.23 bits per heavy atom. The molecule has 0 aromatic carbocycles. The van der Waals surface area contributed by atoms with Gasteiger partial charge in [-0.05, 0) is 13.3 Å². The first-order valence-electron chi connectivity index (χ1n) is 4.55. The normalized spacial score (nSPS) is 11.5. The van der Waals surface area contributed by atoms with Gasteiger partial charge in [-0.1, -0.05) is 19.4 Å². The molecule has 0 fully saturated rings. The van der Waals surface area contributed by atoms with Crippen molar-refractivity contribution in [1.29, 1.82) is 0 Å². The van der Waals surface area contributed by atoms with Crippen molar-refractivity contribution >= 4 is 5.91 Å². The quantitative estimate of drug-likeness (QED) is 0.492. The number of rotatable bonds is 5. The van der Waals surface area contributed by atoms with Crippen LogP contribution in [0.25, 0.3) is 0 Å². The fourth-order valence-electron chi connectivity index (χ4n) is 1.10. The molecule has 76 valence electrons. The summed E-state index contributed by atoms with van der Waals surface area (Å²) in [4.78, 5) is 11.7. The Kier molecular flexibility index (Phi) is 6.18. The van der Waals surface area contributed by atoms with Crippen LogP contribution in [0, 0.1) is 0 Å². The van der Waals surface area contributed by atoms with Gasteiger partial charge < -0.3 is 0 Å². The van der Waals surface area contributed by atoms with E-state index in [0.29, 0.717) is 0 Å². The van der Waals surface area contributed by atoms with Crippen molar-refractivity contribution in [2.75, 3.05) is 14.1 Å². The summed E-state index contributed by atoms with van der Waals surface area (Å²) < 4.78 is 0. The molecule has 0 aromatic rings. The van der Waals surface area contributed by atoms with Crippen molar-refractivity contribution in [2.45, 2.75) is 26.7 Å². The zero-order valence-corrected chi connectivity index (χ0v) is 8.85. The number of carbonyl (C=O) groups is 1. The van der Waals surface area contributed by atoms with Gasteiger partial charge in [0, 0.05) is 19.7 Å².